The van der Waals surface area contributed by atoms with E-state index in [0.717, 1.165) is 0 Å². The lowest BCUT2D eigenvalue weighted by atomic mass is 10.0. The third-order valence-corrected chi connectivity index (χ3v) is 3.88. The molecular weight excluding hydrogens is 211 g/mol. The molecular formula is C7H15O6P. The maximum absolute atomic E-state index is 11.0. The molecule has 0 radical (unpaired) electrons. The summed E-state index contributed by atoms with van der Waals surface area (Å²) in [6.45, 7) is 2.86. The average molecular weight is 226 g/mol. The quantitative estimate of drug-likeness (QED) is 0.503. The van der Waals surface area contributed by atoms with Crippen molar-refractivity contribution in [1.29, 1.82) is 0 Å². The zero-order chi connectivity index (χ0) is 11.6. The molecule has 0 aromatic carbocycles. The van der Waals surface area contributed by atoms with E-state index in [1.54, 1.807) is 0 Å². The zero-order valence-electron chi connectivity index (χ0n) is 8.04. The van der Waals surface area contributed by atoms with Gasteiger partial charge in [0.25, 0.3) is 0 Å². The molecule has 0 aliphatic heterocycles. The Morgan fingerprint density at radius 2 is 1.86 bits per heavy atom. The highest BCUT2D eigenvalue weighted by molar-refractivity contribution is 7.53. The maximum atomic E-state index is 11.0. The van der Waals surface area contributed by atoms with Crippen LogP contribution in [0.25, 0.3) is 0 Å². The molecule has 0 rings (SSSR count). The monoisotopic (exact) mass is 226 g/mol. The summed E-state index contributed by atoms with van der Waals surface area (Å²) in [6, 6.07) is 0. The highest BCUT2D eigenvalue weighted by Crippen LogP contribution is 2.55. The third-order valence-electron chi connectivity index (χ3n) is 2.14. The SMILES string of the molecule is CC(C)C(O)(CCC(=O)O)P(=O)(O)O. The van der Waals surface area contributed by atoms with Crippen molar-refractivity contribution in [3.05, 3.63) is 0 Å². The number of aliphatic carboxylic acids is 1. The molecule has 0 spiro atoms. The van der Waals surface area contributed by atoms with Gasteiger partial charge < -0.3 is 20.0 Å². The fraction of sp³-hybridized carbons (Fsp3) is 0.857. The van der Waals surface area contributed by atoms with Crippen LogP contribution in [-0.4, -0.2) is 31.3 Å². The van der Waals surface area contributed by atoms with Crippen molar-refractivity contribution in [2.45, 2.75) is 32.0 Å². The summed E-state index contributed by atoms with van der Waals surface area (Å²) in [5, 5.41) is 15.8. The minimum absolute atomic E-state index is 0.454. The summed E-state index contributed by atoms with van der Waals surface area (Å²) in [4.78, 5) is 28.0. The Morgan fingerprint density at radius 3 is 2.07 bits per heavy atom. The molecule has 14 heavy (non-hydrogen) atoms. The number of rotatable bonds is 5. The Kier molecular flexibility index (Phi) is 4.27. The standard InChI is InChI=1S/C7H15O6P/c1-5(2)7(10,14(11,12)13)4-3-6(8)9/h5,10H,3-4H2,1-2H3,(H,8,9)(H2,11,12,13). The molecule has 84 valence electrons. The third kappa shape index (κ3) is 3.06. The van der Waals surface area contributed by atoms with E-state index in [2.05, 4.69) is 0 Å². The second kappa shape index (κ2) is 4.40. The van der Waals surface area contributed by atoms with E-state index in [1.165, 1.54) is 13.8 Å². The van der Waals surface area contributed by atoms with Crippen molar-refractivity contribution in [2.24, 2.45) is 5.92 Å². The lowest BCUT2D eigenvalue weighted by molar-refractivity contribution is -0.138. The molecule has 0 saturated carbocycles. The van der Waals surface area contributed by atoms with E-state index in [0.29, 0.717) is 0 Å². The van der Waals surface area contributed by atoms with Crippen LogP contribution < -0.4 is 0 Å². The molecule has 0 aliphatic rings. The molecule has 6 nitrogen and oxygen atoms in total. The van der Waals surface area contributed by atoms with Crippen molar-refractivity contribution < 1.29 is 29.4 Å². The van der Waals surface area contributed by atoms with E-state index in [-0.39, 0.29) is 0 Å². The first-order chi connectivity index (χ1) is 6.11. The first-order valence-corrected chi connectivity index (χ1v) is 5.72. The number of carbonyl (C=O) groups is 1. The molecule has 0 aliphatic carbocycles. The molecule has 0 bridgehead atoms. The summed E-state index contributed by atoms with van der Waals surface area (Å²) >= 11 is 0. The summed E-state index contributed by atoms with van der Waals surface area (Å²) in [5.41, 5.74) is 0. The second-order valence-electron chi connectivity index (χ2n) is 3.47. The lowest BCUT2D eigenvalue weighted by Crippen LogP contribution is -2.35. The summed E-state index contributed by atoms with van der Waals surface area (Å²) in [5.74, 6) is -1.90. The Bertz CT molecular complexity index is 257. The fourth-order valence-electron chi connectivity index (χ4n) is 1.06. The topological polar surface area (TPSA) is 115 Å². The van der Waals surface area contributed by atoms with Gasteiger partial charge in [0.2, 0.25) is 0 Å². The highest BCUT2D eigenvalue weighted by Gasteiger charge is 2.47. The smallest absolute Gasteiger partial charge is 0.357 e. The summed E-state index contributed by atoms with van der Waals surface area (Å²) in [7, 11) is -4.71. The van der Waals surface area contributed by atoms with Crippen LogP contribution in [-0.2, 0) is 9.36 Å². The largest absolute Gasteiger partial charge is 0.481 e. The summed E-state index contributed by atoms with van der Waals surface area (Å²) < 4.78 is 11.0. The Hall–Kier alpha value is -0.420. The van der Waals surface area contributed by atoms with Gasteiger partial charge in [-0.1, -0.05) is 13.8 Å². The zero-order valence-corrected chi connectivity index (χ0v) is 8.94. The van der Waals surface area contributed by atoms with Crippen LogP contribution in [0.2, 0.25) is 0 Å². The Morgan fingerprint density at radius 1 is 1.43 bits per heavy atom. The first-order valence-electron chi connectivity index (χ1n) is 4.11. The van der Waals surface area contributed by atoms with Crippen molar-refractivity contribution >= 4 is 13.6 Å². The highest BCUT2D eigenvalue weighted by atomic mass is 31.2. The molecule has 4 N–H and O–H groups in total. The van der Waals surface area contributed by atoms with E-state index >= 15 is 0 Å². The van der Waals surface area contributed by atoms with Crippen molar-refractivity contribution in [1.82, 2.24) is 0 Å². The number of aliphatic hydroxyl groups is 1. The van der Waals surface area contributed by atoms with Crippen LogP contribution in [0.4, 0.5) is 0 Å². The van der Waals surface area contributed by atoms with E-state index in [4.69, 9.17) is 14.9 Å². The van der Waals surface area contributed by atoms with E-state index in [9.17, 15) is 14.5 Å². The van der Waals surface area contributed by atoms with Gasteiger partial charge in [-0.25, -0.2) is 0 Å². The number of carboxylic acid groups (broad SMARTS) is 1. The number of carboxylic acids is 1. The number of hydrogen-bond donors (Lipinski definition) is 4. The van der Waals surface area contributed by atoms with Gasteiger partial charge in [-0.3, -0.25) is 9.36 Å². The average Bonchev–Trinajstić information content (AvgIpc) is 1.97. The van der Waals surface area contributed by atoms with Gasteiger partial charge in [-0.2, -0.15) is 0 Å². The van der Waals surface area contributed by atoms with Crippen LogP contribution in [0, 0.1) is 5.92 Å². The van der Waals surface area contributed by atoms with Gasteiger partial charge in [0, 0.05) is 6.42 Å². The fourth-order valence-corrected chi connectivity index (χ4v) is 2.14. The van der Waals surface area contributed by atoms with Gasteiger partial charge in [-0.15, -0.1) is 0 Å². The Balaban J connectivity index is 4.75. The van der Waals surface area contributed by atoms with Crippen molar-refractivity contribution in [3.8, 4) is 0 Å². The molecule has 0 saturated heterocycles. The predicted molar refractivity (Wildman–Crippen MR) is 48.7 cm³/mol. The second-order valence-corrected chi connectivity index (χ2v) is 5.33. The minimum Gasteiger partial charge on any atom is -0.481 e. The minimum atomic E-state index is -4.71. The van der Waals surface area contributed by atoms with Crippen LogP contribution in [0.3, 0.4) is 0 Å². The lowest BCUT2D eigenvalue weighted by Gasteiger charge is -2.32. The van der Waals surface area contributed by atoms with Crippen molar-refractivity contribution in [3.63, 3.8) is 0 Å². The maximum Gasteiger partial charge on any atom is 0.357 e. The van der Waals surface area contributed by atoms with Gasteiger partial charge in [0.15, 0.2) is 5.34 Å². The molecule has 1 unspecified atom stereocenters. The molecule has 0 heterocycles. The van der Waals surface area contributed by atoms with Gasteiger partial charge in [0.05, 0.1) is 0 Å². The number of hydrogen-bond acceptors (Lipinski definition) is 3. The van der Waals surface area contributed by atoms with Crippen LogP contribution in [0.5, 0.6) is 0 Å². The first kappa shape index (κ1) is 13.6. The molecule has 0 amide bonds. The molecule has 0 fully saturated rings. The Labute approximate surface area is 81.7 Å². The predicted octanol–water partition coefficient (Wildman–Crippen LogP) is 0.373. The molecule has 1 atom stereocenters. The van der Waals surface area contributed by atoms with E-state index < -0.39 is 37.7 Å². The van der Waals surface area contributed by atoms with Gasteiger partial charge in [-0.05, 0) is 12.3 Å². The summed E-state index contributed by atoms with van der Waals surface area (Å²) in [6.07, 6.45) is -0.927. The molecule has 0 aromatic heterocycles. The van der Waals surface area contributed by atoms with E-state index in [1.807, 2.05) is 0 Å². The van der Waals surface area contributed by atoms with Crippen LogP contribution in [0.1, 0.15) is 26.7 Å². The van der Waals surface area contributed by atoms with Crippen LogP contribution in [0.15, 0.2) is 0 Å². The van der Waals surface area contributed by atoms with Crippen LogP contribution >= 0.6 is 7.60 Å². The van der Waals surface area contributed by atoms with Crippen molar-refractivity contribution in [2.75, 3.05) is 0 Å². The molecule has 0 aromatic rings. The molecule has 7 heteroatoms. The van der Waals surface area contributed by atoms with Gasteiger partial charge in [0.1, 0.15) is 0 Å². The van der Waals surface area contributed by atoms with Gasteiger partial charge >= 0.3 is 13.6 Å². The normalized spacial score (nSPS) is 16.7.